The van der Waals surface area contributed by atoms with Crippen molar-refractivity contribution in [2.45, 2.75) is 39.5 Å². The number of sulfonamides is 1. The van der Waals surface area contributed by atoms with Gasteiger partial charge < -0.3 is 10.1 Å². The highest BCUT2D eigenvalue weighted by atomic mass is 32.2. The summed E-state index contributed by atoms with van der Waals surface area (Å²) < 4.78 is 44.9. The van der Waals surface area contributed by atoms with E-state index in [9.17, 15) is 17.6 Å². The molecular formula is C20H25FN2O4S. The first-order valence-electron chi connectivity index (χ1n) is 8.87. The summed E-state index contributed by atoms with van der Waals surface area (Å²) in [5, 5.41) is 2.69. The third kappa shape index (κ3) is 5.69. The molecule has 28 heavy (non-hydrogen) atoms. The molecule has 1 atom stereocenters. The van der Waals surface area contributed by atoms with E-state index < -0.39 is 27.8 Å². The van der Waals surface area contributed by atoms with Crippen LogP contribution in [0.2, 0.25) is 0 Å². The second-order valence-corrected chi connectivity index (χ2v) is 8.57. The van der Waals surface area contributed by atoms with Gasteiger partial charge >= 0.3 is 0 Å². The molecule has 0 aromatic heterocycles. The van der Waals surface area contributed by atoms with Crippen LogP contribution in [-0.4, -0.2) is 32.7 Å². The second kappa shape index (κ2) is 9.05. The number of nitrogens with one attached hydrogen (secondary N) is 1. The number of hydrogen-bond donors (Lipinski definition) is 1. The first-order chi connectivity index (χ1) is 13.1. The maximum Gasteiger partial charge on any atom is 0.243 e. The molecule has 0 radical (unpaired) electrons. The average Bonchev–Trinajstić information content (AvgIpc) is 2.61. The van der Waals surface area contributed by atoms with Crippen LogP contribution in [0.15, 0.2) is 48.5 Å². The fourth-order valence-corrected chi connectivity index (χ4v) is 3.88. The van der Waals surface area contributed by atoms with Gasteiger partial charge in [-0.05, 0) is 50.6 Å². The lowest BCUT2D eigenvalue weighted by Crippen LogP contribution is -2.48. The number of para-hydroxylation sites is 1. The van der Waals surface area contributed by atoms with Crippen molar-refractivity contribution in [2.24, 2.45) is 0 Å². The minimum Gasteiger partial charge on any atom is -0.491 e. The van der Waals surface area contributed by atoms with Crippen LogP contribution in [0, 0.1) is 5.82 Å². The molecule has 0 bridgehead atoms. The summed E-state index contributed by atoms with van der Waals surface area (Å²) in [7, 11) is -3.87. The van der Waals surface area contributed by atoms with Gasteiger partial charge in [-0.1, -0.05) is 24.3 Å². The van der Waals surface area contributed by atoms with Crippen molar-refractivity contribution in [3.63, 3.8) is 0 Å². The van der Waals surface area contributed by atoms with E-state index in [0.29, 0.717) is 0 Å². The zero-order valence-corrected chi connectivity index (χ0v) is 17.2. The minimum absolute atomic E-state index is 0.0618. The number of halogens is 1. The number of amides is 1. The number of nitrogens with zero attached hydrogens (tertiary/aromatic N) is 1. The van der Waals surface area contributed by atoms with E-state index in [-0.39, 0.29) is 18.3 Å². The monoisotopic (exact) mass is 408 g/mol. The SMILES string of the molecule is CC(C)Oc1ccc(CNC(=O)[C@@H](C)N(c2ccccc2F)S(C)(=O)=O)cc1. The number of hydrogen-bond acceptors (Lipinski definition) is 4. The van der Waals surface area contributed by atoms with Crippen LogP contribution >= 0.6 is 0 Å². The van der Waals surface area contributed by atoms with Crippen molar-refractivity contribution in [2.75, 3.05) is 10.6 Å². The normalized spacial score (nSPS) is 12.5. The van der Waals surface area contributed by atoms with Crippen molar-refractivity contribution in [3.8, 4) is 5.75 Å². The number of carbonyl (C=O) groups is 1. The van der Waals surface area contributed by atoms with Crippen molar-refractivity contribution < 1.29 is 22.3 Å². The van der Waals surface area contributed by atoms with Crippen molar-refractivity contribution in [3.05, 3.63) is 59.9 Å². The van der Waals surface area contributed by atoms with E-state index in [2.05, 4.69) is 5.32 Å². The molecule has 0 saturated heterocycles. The van der Waals surface area contributed by atoms with Gasteiger partial charge in [0.2, 0.25) is 15.9 Å². The molecule has 2 aromatic rings. The van der Waals surface area contributed by atoms with Crippen LogP contribution in [0.1, 0.15) is 26.3 Å². The van der Waals surface area contributed by atoms with Gasteiger partial charge in [0.1, 0.15) is 17.6 Å². The lowest BCUT2D eigenvalue weighted by molar-refractivity contribution is -0.122. The molecule has 152 valence electrons. The molecule has 0 unspecified atom stereocenters. The molecule has 2 aromatic carbocycles. The zero-order chi connectivity index (χ0) is 20.9. The predicted molar refractivity (Wildman–Crippen MR) is 107 cm³/mol. The van der Waals surface area contributed by atoms with Crippen molar-refractivity contribution in [1.82, 2.24) is 5.32 Å². The topological polar surface area (TPSA) is 75.7 Å². The van der Waals surface area contributed by atoms with E-state index in [1.54, 1.807) is 12.1 Å². The van der Waals surface area contributed by atoms with Crippen LogP contribution in [0.5, 0.6) is 5.75 Å². The zero-order valence-electron chi connectivity index (χ0n) is 16.3. The molecule has 0 saturated carbocycles. The molecule has 0 fully saturated rings. The van der Waals surface area contributed by atoms with E-state index in [1.807, 2.05) is 26.0 Å². The standard InChI is InChI=1S/C20H25FN2O4S/c1-14(2)27-17-11-9-16(10-12-17)13-22-20(24)15(3)23(28(4,25)26)19-8-6-5-7-18(19)21/h5-12,14-15H,13H2,1-4H3,(H,22,24)/t15-/m1/s1. The van der Waals surface area contributed by atoms with Gasteiger partial charge in [0.15, 0.2) is 0 Å². The fraction of sp³-hybridized carbons (Fsp3) is 0.350. The fourth-order valence-electron chi connectivity index (χ4n) is 2.71. The summed E-state index contributed by atoms with van der Waals surface area (Å²) >= 11 is 0. The third-order valence-electron chi connectivity index (χ3n) is 3.94. The highest BCUT2D eigenvalue weighted by Gasteiger charge is 2.30. The molecule has 0 aliphatic carbocycles. The van der Waals surface area contributed by atoms with E-state index >= 15 is 0 Å². The first kappa shape index (κ1) is 21.7. The molecule has 1 amide bonds. The molecule has 2 rings (SSSR count). The van der Waals surface area contributed by atoms with Crippen LogP contribution in [0.4, 0.5) is 10.1 Å². The number of benzene rings is 2. The van der Waals surface area contributed by atoms with E-state index in [4.69, 9.17) is 4.74 Å². The summed E-state index contributed by atoms with van der Waals surface area (Å²) in [4.78, 5) is 12.5. The molecular weight excluding hydrogens is 383 g/mol. The number of anilines is 1. The number of rotatable bonds is 8. The maximum atomic E-state index is 14.1. The Kier molecular flexibility index (Phi) is 7.01. The Morgan fingerprint density at radius 1 is 1.11 bits per heavy atom. The van der Waals surface area contributed by atoms with Crippen molar-refractivity contribution in [1.29, 1.82) is 0 Å². The molecule has 0 aliphatic heterocycles. The third-order valence-corrected chi connectivity index (χ3v) is 5.17. The predicted octanol–water partition coefficient (Wildman–Crippen LogP) is 3.08. The Hall–Kier alpha value is -2.61. The Morgan fingerprint density at radius 2 is 1.71 bits per heavy atom. The Balaban J connectivity index is 2.10. The quantitative estimate of drug-likeness (QED) is 0.728. The van der Waals surface area contributed by atoms with Gasteiger partial charge in [-0.2, -0.15) is 0 Å². The van der Waals surface area contributed by atoms with Gasteiger partial charge in [-0.3, -0.25) is 9.10 Å². The number of carbonyl (C=O) groups excluding carboxylic acids is 1. The minimum atomic E-state index is -3.87. The average molecular weight is 408 g/mol. The molecule has 0 heterocycles. The summed E-state index contributed by atoms with van der Waals surface area (Å²) in [6.45, 7) is 5.49. The summed E-state index contributed by atoms with van der Waals surface area (Å²) in [5.41, 5.74) is 0.663. The maximum absolute atomic E-state index is 14.1. The summed E-state index contributed by atoms with van der Waals surface area (Å²) in [6, 6.07) is 11.6. The molecule has 0 aliphatic rings. The highest BCUT2D eigenvalue weighted by molar-refractivity contribution is 7.92. The number of ether oxygens (including phenoxy) is 1. The second-order valence-electron chi connectivity index (χ2n) is 6.71. The lowest BCUT2D eigenvalue weighted by atomic mass is 10.2. The van der Waals surface area contributed by atoms with Gasteiger partial charge in [0, 0.05) is 6.54 Å². The Morgan fingerprint density at radius 3 is 2.25 bits per heavy atom. The molecule has 6 nitrogen and oxygen atoms in total. The largest absolute Gasteiger partial charge is 0.491 e. The van der Waals surface area contributed by atoms with Crippen LogP contribution in [-0.2, 0) is 21.4 Å². The van der Waals surface area contributed by atoms with Gasteiger partial charge in [-0.15, -0.1) is 0 Å². The molecule has 8 heteroatoms. The summed E-state index contributed by atoms with van der Waals surface area (Å²) in [6.07, 6.45) is 1.00. The van der Waals surface area contributed by atoms with Crippen LogP contribution in [0.25, 0.3) is 0 Å². The smallest absolute Gasteiger partial charge is 0.243 e. The van der Waals surface area contributed by atoms with E-state index in [1.165, 1.54) is 25.1 Å². The molecule has 0 spiro atoms. The first-order valence-corrected chi connectivity index (χ1v) is 10.7. The Bertz CT molecular complexity index is 914. The lowest BCUT2D eigenvalue weighted by Gasteiger charge is -2.28. The van der Waals surface area contributed by atoms with Gasteiger partial charge in [0.05, 0.1) is 18.0 Å². The van der Waals surface area contributed by atoms with Gasteiger partial charge in [-0.25, -0.2) is 12.8 Å². The van der Waals surface area contributed by atoms with Crippen LogP contribution < -0.4 is 14.4 Å². The summed E-state index contributed by atoms with van der Waals surface area (Å²) in [5.74, 6) is -0.522. The van der Waals surface area contributed by atoms with E-state index in [0.717, 1.165) is 27.9 Å². The van der Waals surface area contributed by atoms with Crippen molar-refractivity contribution >= 4 is 21.6 Å². The molecule has 1 N–H and O–H groups in total. The highest BCUT2D eigenvalue weighted by Crippen LogP contribution is 2.24. The van der Waals surface area contributed by atoms with Gasteiger partial charge in [0.25, 0.3) is 0 Å². The Labute approximate surface area is 165 Å². The van der Waals surface area contributed by atoms with Crippen LogP contribution in [0.3, 0.4) is 0 Å².